The lowest BCUT2D eigenvalue weighted by atomic mass is 10.1. The molecule has 1 aromatic heterocycles. The Morgan fingerprint density at radius 1 is 1.38 bits per heavy atom. The second-order valence-electron chi connectivity index (χ2n) is 3.85. The van der Waals surface area contributed by atoms with Crippen LogP contribution >= 0.6 is 0 Å². The molecule has 0 radical (unpaired) electrons. The topological polar surface area (TPSA) is 71.2 Å². The fourth-order valence-corrected chi connectivity index (χ4v) is 1.62. The van der Waals surface area contributed by atoms with Crippen LogP contribution in [0.15, 0.2) is 30.6 Å². The third kappa shape index (κ3) is 2.06. The van der Waals surface area contributed by atoms with Crippen LogP contribution in [-0.4, -0.2) is 22.7 Å². The predicted octanol–water partition coefficient (Wildman–Crippen LogP) is 1.61. The highest BCUT2D eigenvalue weighted by Crippen LogP contribution is 2.27. The Balaban J connectivity index is 2.42. The van der Waals surface area contributed by atoms with Crippen molar-refractivity contribution in [3.63, 3.8) is 0 Å². The zero-order chi connectivity index (χ0) is 11.5. The Bertz CT molecular complexity index is 497. The highest BCUT2D eigenvalue weighted by molar-refractivity contribution is 6.00. The smallest absolute Gasteiger partial charge is 0.0684 e. The van der Waals surface area contributed by atoms with Gasteiger partial charge < -0.3 is 16.2 Å². The van der Waals surface area contributed by atoms with Crippen LogP contribution < -0.4 is 11.1 Å². The molecule has 4 N–H and O–H groups in total. The largest absolute Gasteiger partial charge is 0.398 e. The van der Waals surface area contributed by atoms with Gasteiger partial charge in [0.15, 0.2) is 0 Å². The van der Waals surface area contributed by atoms with E-state index in [-0.39, 0.29) is 6.10 Å². The summed E-state index contributed by atoms with van der Waals surface area (Å²) >= 11 is 0. The number of benzene rings is 1. The van der Waals surface area contributed by atoms with Crippen LogP contribution in [-0.2, 0) is 0 Å². The molecule has 84 valence electrons. The molecule has 16 heavy (non-hydrogen) atoms. The first-order valence-corrected chi connectivity index (χ1v) is 5.22. The number of rotatable bonds is 3. The molecule has 2 rings (SSSR count). The van der Waals surface area contributed by atoms with Crippen molar-refractivity contribution in [3.8, 4) is 0 Å². The number of nitrogen functional groups attached to an aromatic ring is 1. The zero-order valence-corrected chi connectivity index (χ0v) is 9.14. The van der Waals surface area contributed by atoms with Crippen molar-refractivity contribution >= 4 is 22.1 Å². The number of nitrogens with zero attached hydrogens (tertiary/aromatic N) is 1. The molecule has 2 aromatic rings. The summed E-state index contributed by atoms with van der Waals surface area (Å²) in [5, 5.41) is 14.4. The molecule has 1 atom stereocenters. The van der Waals surface area contributed by atoms with E-state index in [9.17, 15) is 5.11 Å². The molecule has 0 aliphatic heterocycles. The fraction of sp³-hybridized carbons (Fsp3) is 0.250. The molecule has 1 aromatic carbocycles. The van der Waals surface area contributed by atoms with Gasteiger partial charge in [-0.25, -0.2) is 0 Å². The number of aliphatic hydroxyl groups is 1. The summed E-state index contributed by atoms with van der Waals surface area (Å²) in [4.78, 5) is 4.05. The Labute approximate surface area is 94.1 Å². The van der Waals surface area contributed by atoms with E-state index < -0.39 is 0 Å². The summed E-state index contributed by atoms with van der Waals surface area (Å²) in [6, 6.07) is 5.67. The molecule has 0 aliphatic carbocycles. The number of aliphatic hydroxyl groups excluding tert-OH is 1. The van der Waals surface area contributed by atoms with Gasteiger partial charge in [-0.3, -0.25) is 4.98 Å². The van der Waals surface area contributed by atoms with Gasteiger partial charge in [-0.2, -0.15) is 0 Å². The quantitative estimate of drug-likeness (QED) is 0.683. The van der Waals surface area contributed by atoms with E-state index in [1.807, 2.05) is 18.2 Å². The normalized spacial score (nSPS) is 12.6. The number of nitrogens with one attached hydrogen (secondary N) is 1. The molecule has 0 saturated carbocycles. The van der Waals surface area contributed by atoms with Crippen molar-refractivity contribution in [1.29, 1.82) is 0 Å². The molecule has 4 nitrogen and oxygen atoms in total. The third-order valence-corrected chi connectivity index (χ3v) is 2.44. The van der Waals surface area contributed by atoms with Crippen molar-refractivity contribution in [3.05, 3.63) is 30.6 Å². The Kier molecular flexibility index (Phi) is 2.92. The first kappa shape index (κ1) is 10.7. The number of hydrogen-bond acceptors (Lipinski definition) is 4. The van der Waals surface area contributed by atoms with Crippen LogP contribution in [0.1, 0.15) is 6.92 Å². The first-order valence-electron chi connectivity index (χ1n) is 5.22. The lowest BCUT2D eigenvalue weighted by molar-refractivity contribution is 0.208. The minimum atomic E-state index is -0.380. The maximum Gasteiger partial charge on any atom is 0.0684 e. The van der Waals surface area contributed by atoms with E-state index in [0.717, 1.165) is 16.5 Å². The van der Waals surface area contributed by atoms with Crippen LogP contribution in [0.3, 0.4) is 0 Å². The van der Waals surface area contributed by atoms with Crippen molar-refractivity contribution < 1.29 is 5.11 Å². The van der Waals surface area contributed by atoms with Gasteiger partial charge in [-0.15, -0.1) is 0 Å². The summed E-state index contributed by atoms with van der Waals surface area (Å²) in [5.41, 5.74) is 7.54. The number of pyridine rings is 1. The van der Waals surface area contributed by atoms with Crippen LogP contribution in [0.25, 0.3) is 10.8 Å². The number of fused-ring (bicyclic) bond motifs is 1. The highest BCUT2D eigenvalue weighted by atomic mass is 16.3. The van der Waals surface area contributed by atoms with E-state index in [0.29, 0.717) is 12.2 Å². The van der Waals surface area contributed by atoms with Gasteiger partial charge in [0.05, 0.1) is 6.10 Å². The van der Waals surface area contributed by atoms with E-state index in [1.165, 1.54) is 0 Å². The van der Waals surface area contributed by atoms with Gasteiger partial charge in [-0.1, -0.05) is 0 Å². The lowest BCUT2D eigenvalue weighted by Gasteiger charge is -2.12. The fourth-order valence-electron chi connectivity index (χ4n) is 1.62. The predicted molar refractivity (Wildman–Crippen MR) is 66.3 cm³/mol. The zero-order valence-electron chi connectivity index (χ0n) is 9.14. The standard InChI is InChI=1S/C12H15N3O/c1-8(16)6-15-12-3-2-11(13)10-7-14-5-4-9(10)12/h2-5,7-8,15-16H,6,13H2,1H3. The molecular formula is C12H15N3O. The molecule has 1 heterocycles. The number of hydrogen-bond donors (Lipinski definition) is 3. The van der Waals surface area contributed by atoms with Crippen LogP contribution in [0.5, 0.6) is 0 Å². The Morgan fingerprint density at radius 3 is 2.94 bits per heavy atom. The summed E-state index contributed by atoms with van der Waals surface area (Å²) in [7, 11) is 0. The van der Waals surface area contributed by atoms with Gasteiger partial charge in [0.1, 0.15) is 0 Å². The summed E-state index contributed by atoms with van der Waals surface area (Å²) in [5.74, 6) is 0. The van der Waals surface area contributed by atoms with E-state index in [2.05, 4.69) is 10.3 Å². The molecule has 0 saturated heterocycles. The monoisotopic (exact) mass is 217 g/mol. The van der Waals surface area contributed by atoms with Gasteiger partial charge in [0.2, 0.25) is 0 Å². The highest BCUT2D eigenvalue weighted by Gasteiger charge is 2.04. The summed E-state index contributed by atoms with van der Waals surface area (Å²) in [6.45, 7) is 2.26. The Hall–Kier alpha value is -1.81. The summed E-state index contributed by atoms with van der Waals surface area (Å²) < 4.78 is 0. The maximum atomic E-state index is 9.24. The molecule has 4 heteroatoms. The second-order valence-corrected chi connectivity index (χ2v) is 3.85. The van der Waals surface area contributed by atoms with Gasteiger partial charge in [-0.05, 0) is 25.1 Å². The maximum absolute atomic E-state index is 9.24. The number of anilines is 2. The SMILES string of the molecule is CC(O)CNc1ccc(N)c2cnccc12. The van der Waals surface area contributed by atoms with Gasteiger partial charge in [0, 0.05) is 41.1 Å². The van der Waals surface area contributed by atoms with Crippen LogP contribution in [0.2, 0.25) is 0 Å². The molecule has 0 aliphatic rings. The van der Waals surface area contributed by atoms with Gasteiger partial charge >= 0.3 is 0 Å². The average Bonchev–Trinajstić information content (AvgIpc) is 2.28. The van der Waals surface area contributed by atoms with Crippen molar-refractivity contribution in [2.75, 3.05) is 17.6 Å². The van der Waals surface area contributed by atoms with E-state index >= 15 is 0 Å². The molecule has 0 fully saturated rings. The minimum Gasteiger partial charge on any atom is -0.398 e. The molecule has 0 bridgehead atoms. The molecule has 0 spiro atoms. The van der Waals surface area contributed by atoms with Crippen LogP contribution in [0.4, 0.5) is 11.4 Å². The second kappa shape index (κ2) is 4.37. The number of aromatic nitrogens is 1. The van der Waals surface area contributed by atoms with Crippen molar-refractivity contribution in [2.24, 2.45) is 0 Å². The first-order chi connectivity index (χ1) is 7.68. The van der Waals surface area contributed by atoms with E-state index in [4.69, 9.17) is 5.73 Å². The number of nitrogens with two attached hydrogens (primary N) is 1. The lowest BCUT2D eigenvalue weighted by Crippen LogP contribution is -2.15. The summed E-state index contributed by atoms with van der Waals surface area (Å²) in [6.07, 6.45) is 3.10. The third-order valence-electron chi connectivity index (χ3n) is 2.44. The van der Waals surface area contributed by atoms with Crippen molar-refractivity contribution in [1.82, 2.24) is 4.98 Å². The van der Waals surface area contributed by atoms with E-state index in [1.54, 1.807) is 19.3 Å². The van der Waals surface area contributed by atoms with Crippen molar-refractivity contribution in [2.45, 2.75) is 13.0 Å². The van der Waals surface area contributed by atoms with Gasteiger partial charge in [0.25, 0.3) is 0 Å². The average molecular weight is 217 g/mol. The Morgan fingerprint density at radius 2 is 2.19 bits per heavy atom. The minimum absolute atomic E-state index is 0.380. The molecule has 0 amide bonds. The van der Waals surface area contributed by atoms with Crippen LogP contribution in [0, 0.1) is 0 Å². The molecular weight excluding hydrogens is 202 g/mol. The molecule has 1 unspecified atom stereocenters.